The molecule has 1 fully saturated rings. The summed E-state index contributed by atoms with van der Waals surface area (Å²) < 4.78 is 7.47. The lowest BCUT2D eigenvalue weighted by Gasteiger charge is -2.31. The first-order chi connectivity index (χ1) is 10.8. The van der Waals surface area contributed by atoms with Crippen LogP contribution in [0, 0.1) is 5.92 Å². The van der Waals surface area contributed by atoms with Gasteiger partial charge in [-0.05, 0) is 43.7 Å². The van der Waals surface area contributed by atoms with E-state index < -0.39 is 0 Å². The van der Waals surface area contributed by atoms with Gasteiger partial charge in [-0.3, -0.25) is 9.69 Å². The van der Waals surface area contributed by atoms with Crippen LogP contribution in [0.25, 0.3) is 0 Å². The second-order valence-corrected chi connectivity index (χ2v) is 5.87. The first kappa shape index (κ1) is 14.9. The summed E-state index contributed by atoms with van der Waals surface area (Å²) in [7, 11) is 0. The summed E-state index contributed by atoms with van der Waals surface area (Å²) in [6, 6.07) is 7.89. The molecule has 3 rings (SSSR count). The molecule has 0 bridgehead atoms. The fourth-order valence-corrected chi connectivity index (χ4v) is 3.01. The number of hydrogen-bond donors (Lipinski definition) is 1. The van der Waals surface area contributed by atoms with Crippen LogP contribution in [0.2, 0.25) is 0 Å². The highest BCUT2D eigenvalue weighted by atomic mass is 16.3. The summed E-state index contributed by atoms with van der Waals surface area (Å²) in [5, 5.41) is 3.06. The van der Waals surface area contributed by atoms with Crippen LogP contribution < -0.4 is 5.32 Å². The van der Waals surface area contributed by atoms with Gasteiger partial charge < -0.3 is 14.3 Å². The maximum absolute atomic E-state index is 12.3. The summed E-state index contributed by atoms with van der Waals surface area (Å²) in [5.41, 5.74) is 0. The quantitative estimate of drug-likeness (QED) is 0.889. The number of amides is 1. The molecule has 0 saturated carbocycles. The Kier molecular flexibility index (Phi) is 4.96. The smallest absolute Gasteiger partial charge is 0.224 e. The van der Waals surface area contributed by atoms with Crippen LogP contribution in [-0.2, 0) is 17.9 Å². The number of nitrogens with one attached hydrogen (secondary N) is 1. The fraction of sp³-hybridized carbons (Fsp3) is 0.471. The molecule has 0 radical (unpaired) electrons. The summed E-state index contributed by atoms with van der Waals surface area (Å²) in [6.45, 7) is 4.15. The maximum atomic E-state index is 12.3. The van der Waals surface area contributed by atoms with Crippen molar-refractivity contribution in [1.29, 1.82) is 0 Å². The first-order valence-corrected chi connectivity index (χ1v) is 7.94. The topological polar surface area (TPSA) is 50.4 Å². The fourth-order valence-electron chi connectivity index (χ4n) is 3.01. The van der Waals surface area contributed by atoms with Crippen molar-refractivity contribution < 1.29 is 9.21 Å². The molecule has 1 aliphatic rings. The molecule has 2 aromatic rings. The minimum absolute atomic E-state index is 0.0911. The molecule has 0 aliphatic carbocycles. The molecule has 0 aromatic carbocycles. The number of furan rings is 1. The molecular formula is C17H23N3O2. The normalized spacial score (nSPS) is 19.2. The standard InChI is InChI=1S/C17H23N3O2/c21-17(18-7-11-19-8-1-2-9-19)15-5-3-10-20(13-15)14-16-6-4-12-22-16/h1-2,4,6,8-9,12,15H,3,5,7,10-11,13-14H2,(H,18,21). The van der Waals surface area contributed by atoms with Crippen molar-refractivity contribution in [2.75, 3.05) is 19.6 Å². The summed E-state index contributed by atoms with van der Waals surface area (Å²) >= 11 is 0. The van der Waals surface area contributed by atoms with Crippen LogP contribution >= 0.6 is 0 Å². The molecule has 3 heterocycles. The Hall–Kier alpha value is -2.01. The zero-order valence-electron chi connectivity index (χ0n) is 12.8. The average Bonchev–Trinajstić information content (AvgIpc) is 3.21. The molecule has 1 N–H and O–H groups in total. The van der Waals surface area contributed by atoms with Crippen LogP contribution in [0.15, 0.2) is 47.3 Å². The molecule has 1 amide bonds. The highest BCUT2D eigenvalue weighted by Crippen LogP contribution is 2.18. The van der Waals surface area contributed by atoms with Crippen molar-refractivity contribution in [2.24, 2.45) is 5.92 Å². The van der Waals surface area contributed by atoms with E-state index in [-0.39, 0.29) is 11.8 Å². The third-order valence-electron chi connectivity index (χ3n) is 4.17. The summed E-state index contributed by atoms with van der Waals surface area (Å²) in [4.78, 5) is 14.6. The van der Waals surface area contributed by atoms with Gasteiger partial charge >= 0.3 is 0 Å². The second kappa shape index (κ2) is 7.31. The molecule has 5 nitrogen and oxygen atoms in total. The molecule has 0 spiro atoms. The number of nitrogens with zero attached hydrogens (tertiary/aromatic N) is 2. The van der Waals surface area contributed by atoms with Crippen molar-refractivity contribution in [2.45, 2.75) is 25.9 Å². The van der Waals surface area contributed by atoms with Crippen molar-refractivity contribution in [3.63, 3.8) is 0 Å². The van der Waals surface area contributed by atoms with Crippen molar-refractivity contribution in [1.82, 2.24) is 14.8 Å². The number of aromatic nitrogens is 1. The van der Waals surface area contributed by atoms with E-state index in [9.17, 15) is 4.79 Å². The maximum Gasteiger partial charge on any atom is 0.224 e. The lowest BCUT2D eigenvalue weighted by Crippen LogP contribution is -2.43. The largest absolute Gasteiger partial charge is 0.468 e. The number of carbonyl (C=O) groups is 1. The van der Waals surface area contributed by atoms with Crippen LogP contribution in [0.4, 0.5) is 0 Å². The second-order valence-electron chi connectivity index (χ2n) is 5.87. The van der Waals surface area contributed by atoms with Gasteiger partial charge in [-0.2, -0.15) is 0 Å². The molecule has 1 atom stereocenters. The Morgan fingerprint density at radius 3 is 2.95 bits per heavy atom. The lowest BCUT2D eigenvalue weighted by atomic mass is 9.97. The van der Waals surface area contributed by atoms with Crippen LogP contribution in [0.3, 0.4) is 0 Å². The lowest BCUT2D eigenvalue weighted by molar-refractivity contribution is -0.126. The average molecular weight is 301 g/mol. The number of carbonyl (C=O) groups excluding carboxylic acids is 1. The van der Waals surface area contributed by atoms with E-state index in [2.05, 4.69) is 14.8 Å². The molecule has 1 aliphatic heterocycles. The van der Waals surface area contributed by atoms with Gasteiger partial charge in [0.2, 0.25) is 5.91 Å². The molecule has 1 unspecified atom stereocenters. The molecule has 22 heavy (non-hydrogen) atoms. The monoisotopic (exact) mass is 301 g/mol. The Morgan fingerprint density at radius 2 is 2.18 bits per heavy atom. The number of hydrogen-bond acceptors (Lipinski definition) is 3. The summed E-state index contributed by atoms with van der Waals surface area (Å²) in [5.74, 6) is 1.23. The van der Waals surface area contributed by atoms with Gasteiger partial charge in [0.05, 0.1) is 18.7 Å². The Balaban J connectivity index is 1.43. The third-order valence-corrected chi connectivity index (χ3v) is 4.17. The Labute approximate surface area is 130 Å². The van der Waals surface area contributed by atoms with E-state index in [0.29, 0.717) is 6.54 Å². The predicted molar refractivity (Wildman–Crippen MR) is 84.2 cm³/mol. The zero-order chi connectivity index (χ0) is 15.2. The van der Waals surface area contributed by atoms with Gasteiger partial charge in [-0.25, -0.2) is 0 Å². The molecule has 118 valence electrons. The van der Waals surface area contributed by atoms with Gasteiger partial charge in [-0.1, -0.05) is 0 Å². The molecule has 2 aromatic heterocycles. The van der Waals surface area contributed by atoms with E-state index in [1.165, 1.54) is 0 Å². The Morgan fingerprint density at radius 1 is 1.32 bits per heavy atom. The zero-order valence-corrected chi connectivity index (χ0v) is 12.8. The molecule has 5 heteroatoms. The van der Waals surface area contributed by atoms with Crippen LogP contribution in [0.5, 0.6) is 0 Å². The SMILES string of the molecule is O=C(NCCn1cccc1)C1CCCN(Cc2ccco2)C1. The van der Waals surface area contributed by atoms with Crippen LogP contribution in [0.1, 0.15) is 18.6 Å². The summed E-state index contributed by atoms with van der Waals surface area (Å²) in [6.07, 6.45) is 7.76. The molecular weight excluding hydrogens is 278 g/mol. The van der Waals surface area contributed by atoms with E-state index in [1.54, 1.807) is 6.26 Å². The number of rotatable bonds is 6. The van der Waals surface area contributed by atoms with Crippen LogP contribution in [-0.4, -0.2) is 35.0 Å². The minimum atomic E-state index is 0.0911. The van der Waals surface area contributed by atoms with Crippen molar-refractivity contribution in [3.05, 3.63) is 48.7 Å². The molecule has 1 saturated heterocycles. The van der Waals surface area contributed by atoms with E-state index in [4.69, 9.17) is 4.42 Å². The van der Waals surface area contributed by atoms with Crippen molar-refractivity contribution in [3.8, 4) is 0 Å². The van der Waals surface area contributed by atoms with E-state index in [0.717, 1.165) is 44.8 Å². The first-order valence-electron chi connectivity index (χ1n) is 7.94. The van der Waals surface area contributed by atoms with Gasteiger partial charge in [0.15, 0.2) is 0 Å². The van der Waals surface area contributed by atoms with Gasteiger partial charge in [-0.15, -0.1) is 0 Å². The number of likely N-dealkylation sites (tertiary alicyclic amines) is 1. The minimum Gasteiger partial charge on any atom is -0.468 e. The van der Waals surface area contributed by atoms with Gasteiger partial charge in [0.25, 0.3) is 0 Å². The van der Waals surface area contributed by atoms with E-state index >= 15 is 0 Å². The van der Waals surface area contributed by atoms with Gasteiger partial charge in [0, 0.05) is 32.0 Å². The third kappa shape index (κ3) is 4.01. The highest BCUT2D eigenvalue weighted by Gasteiger charge is 2.25. The Bertz CT molecular complexity index is 563. The van der Waals surface area contributed by atoms with Gasteiger partial charge in [0.1, 0.15) is 5.76 Å². The predicted octanol–water partition coefficient (Wildman–Crippen LogP) is 2.11. The van der Waals surface area contributed by atoms with Crippen molar-refractivity contribution >= 4 is 5.91 Å². The number of piperidine rings is 1. The highest BCUT2D eigenvalue weighted by molar-refractivity contribution is 5.78. The van der Waals surface area contributed by atoms with E-state index in [1.807, 2.05) is 36.7 Å².